The van der Waals surface area contributed by atoms with Crippen LogP contribution in [0.25, 0.3) is 0 Å². The molecule has 0 bridgehead atoms. The Labute approximate surface area is 295 Å². The van der Waals surface area contributed by atoms with Crippen LogP contribution in [0.5, 0.6) is 11.5 Å². The fraction of sp³-hybridized carbons (Fsp3) is 0.220. The molecular formula is C41H37F3N4O3. The minimum absolute atomic E-state index is 0.225. The number of amidine groups is 1. The molecule has 260 valence electrons. The van der Waals surface area contributed by atoms with Gasteiger partial charge >= 0.3 is 5.92 Å². The molecule has 10 heteroatoms. The maximum Gasteiger partial charge on any atom is 0.315 e. The van der Waals surface area contributed by atoms with Crippen molar-refractivity contribution in [1.82, 2.24) is 5.32 Å². The number of aliphatic imine (C=N–C) groups is 1. The van der Waals surface area contributed by atoms with Crippen LogP contribution in [-0.4, -0.2) is 31.8 Å². The Kier molecular flexibility index (Phi) is 9.17. The van der Waals surface area contributed by atoms with Crippen molar-refractivity contribution in [2.45, 2.75) is 43.4 Å². The molecule has 2 N–H and O–H groups in total. The van der Waals surface area contributed by atoms with Crippen molar-refractivity contribution < 1.29 is 27.4 Å². The second-order valence-corrected chi connectivity index (χ2v) is 12.9. The van der Waals surface area contributed by atoms with Crippen molar-refractivity contribution in [3.8, 4) is 17.6 Å². The summed E-state index contributed by atoms with van der Waals surface area (Å²) in [6.45, 7) is 3.72. The number of nitrogens with zero attached hydrogens (tertiary/aromatic N) is 2. The molecule has 1 atom stereocenters. The lowest BCUT2D eigenvalue weighted by atomic mass is 9.76. The number of halogens is 3. The monoisotopic (exact) mass is 690 g/mol. The van der Waals surface area contributed by atoms with Crippen molar-refractivity contribution in [2.75, 3.05) is 19.5 Å². The molecule has 0 radical (unpaired) electrons. The molecule has 0 aromatic heterocycles. The molecule has 51 heavy (non-hydrogen) atoms. The summed E-state index contributed by atoms with van der Waals surface area (Å²) < 4.78 is 66.5. The van der Waals surface area contributed by atoms with E-state index in [-0.39, 0.29) is 11.6 Å². The molecule has 0 fully saturated rings. The zero-order chi connectivity index (χ0) is 36.4. The molecule has 0 saturated heterocycles. The molecule has 0 saturated carbocycles. The van der Waals surface area contributed by atoms with Crippen molar-refractivity contribution >= 4 is 17.4 Å². The highest BCUT2D eigenvalue weighted by molar-refractivity contribution is 5.80. The van der Waals surface area contributed by atoms with Gasteiger partial charge in [-0.2, -0.15) is 14.0 Å². The normalized spacial score (nSPS) is 17.7. The molecule has 5 aromatic carbocycles. The fourth-order valence-electron chi connectivity index (χ4n) is 6.54. The number of ether oxygens (including phenoxy) is 3. The number of hydrogen-bond acceptors (Lipinski definition) is 7. The van der Waals surface area contributed by atoms with Gasteiger partial charge in [-0.15, -0.1) is 0 Å². The standard InChI is InChI=1S/C41H37F3N4O3/c1-38(2)41(43,44)39(3,34-25-31(19-24-35(34)42)46-36-14-10-9-11-27(36)26-45)47-37(51-38)48-40(28-12-7-6-8-13-28,29-15-20-32(49-4)21-16-29)30-17-22-33(50-5)23-18-30/h6-25,46H,1-5H3,(H,47,48). The van der Waals surface area contributed by atoms with Crippen LogP contribution < -0.4 is 20.1 Å². The van der Waals surface area contributed by atoms with Crippen LogP contribution in [-0.2, 0) is 15.8 Å². The molecule has 7 nitrogen and oxygen atoms in total. The van der Waals surface area contributed by atoms with Gasteiger partial charge in [0.05, 0.1) is 25.5 Å². The Morgan fingerprint density at radius 2 is 1.29 bits per heavy atom. The number of rotatable bonds is 9. The van der Waals surface area contributed by atoms with Gasteiger partial charge in [0.1, 0.15) is 28.9 Å². The summed E-state index contributed by atoms with van der Waals surface area (Å²) >= 11 is 0. The van der Waals surface area contributed by atoms with E-state index in [1.54, 1.807) is 38.5 Å². The van der Waals surface area contributed by atoms with Crippen molar-refractivity contribution in [1.29, 1.82) is 5.26 Å². The average molecular weight is 691 g/mol. The van der Waals surface area contributed by atoms with Crippen molar-refractivity contribution in [3.63, 3.8) is 0 Å². The van der Waals surface area contributed by atoms with Crippen LogP contribution in [0.2, 0.25) is 0 Å². The first-order chi connectivity index (χ1) is 24.4. The molecule has 0 amide bonds. The highest BCUT2D eigenvalue weighted by Crippen LogP contribution is 2.53. The summed E-state index contributed by atoms with van der Waals surface area (Å²) in [4.78, 5) is 4.57. The first-order valence-corrected chi connectivity index (χ1v) is 16.2. The topological polar surface area (TPSA) is 87.9 Å². The average Bonchev–Trinajstić information content (AvgIpc) is 3.14. The lowest BCUT2D eigenvalue weighted by molar-refractivity contribution is -0.209. The molecule has 1 unspecified atom stereocenters. The molecule has 1 heterocycles. The number of methoxy groups -OCH3 is 2. The largest absolute Gasteiger partial charge is 0.497 e. The van der Waals surface area contributed by atoms with Gasteiger partial charge in [-0.25, -0.2) is 9.38 Å². The molecular weight excluding hydrogens is 653 g/mol. The molecule has 0 aliphatic carbocycles. The number of nitrogens with one attached hydrogen (secondary N) is 2. The van der Waals surface area contributed by atoms with Crippen molar-refractivity contribution in [2.24, 2.45) is 4.99 Å². The van der Waals surface area contributed by atoms with Gasteiger partial charge in [0.2, 0.25) is 0 Å². The van der Waals surface area contributed by atoms with Gasteiger partial charge in [-0.05, 0) is 92.1 Å². The Bertz CT molecular complexity index is 2050. The second-order valence-electron chi connectivity index (χ2n) is 12.9. The number of benzene rings is 5. The fourth-order valence-corrected chi connectivity index (χ4v) is 6.54. The summed E-state index contributed by atoms with van der Waals surface area (Å²) in [6, 6.07) is 36.7. The molecule has 1 aliphatic heterocycles. The Hall–Kier alpha value is -5.95. The highest BCUT2D eigenvalue weighted by Gasteiger charge is 2.66. The molecule has 5 aromatic rings. The van der Waals surface area contributed by atoms with Gasteiger partial charge in [-0.3, -0.25) is 0 Å². The van der Waals surface area contributed by atoms with Crippen molar-refractivity contribution in [3.05, 3.63) is 155 Å². The van der Waals surface area contributed by atoms with E-state index >= 15 is 13.2 Å². The summed E-state index contributed by atoms with van der Waals surface area (Å²) in [5, 5.41) is 16.1. The number of anilines is 2. The first kappa shape index (κ1) is 34.9. The lowest BCUT2D eigenvalue weighted by Gasteiger charge is -2.49. The van der Waals surface area contributed by atoms with Crippen LogP contribution in [0.15, 0.2) is 126 Å². The third-order valence-electron chi connectivity index (χ3n) is 9.41. The van der Waals surface area contributed by atoms with Gasteiger partial charge in [0, 0.05) is 11.3 Å². The SMILES string of the molecule is COc1ccc(C(NC2=NC(C)(c3cc(Nc4ccccc4C#N)ccc3F)C(F)(F)C(C)(C)O2)(c2ccccc2)c2ccc(OC)cc2)cc1. The quantitative estimate of drug-likeness (QED) is 0.150. The zero-order valence-electron chi connectivity index (χ0n) is 28.8. The van der Waals surface area contributed by atoms with E-state index in [0.717, 1.165) is 22.8 Å². The van der Waals surface area contributed by atoms with E-state index in [1.807, 2.05) is 78.9 Å². The third-order valence-corrected chi connectivity index (χ3v) is 9.41. The van der Waals surface area contributed by atoms with Crippen LogP contribution in [0, 0.1) is 17.1 Å². The number of nitriles is 1. The van der Waals surface area contributed by atoms with Crippen LogP contribution >= 0.6 is 0 Å². The van der Waals surface area contributed by atoms with Gasteiger partial charge in [0.25, 0.3) is 6.02 Å². The zero-order valence-corrected chi connectivity index (χ0v) is 28.8. The minimum atomic E-state index is -3.72. The predicted molar refractivity (Wildman–Crippen MR) is 191 cm³/mol. The predicted octanol–water partition coefficient (Wildman–Crippen LogP) is 9.06. The summed E-state index contributed by atoms with van der Waals surface area (Å²) in [5.74, 6) is -3.35. The maximum absolute atomic E-state index is 16.8. The molecule has 1 aliphatic rings. The van der Waals surface area contributed by atoms with Crippen LogP contribution in [0.3, 0.4) is 0 Å². The summed E-state index contributed by atoms with van der Waals surface area (Å²) in [6.07, 6.45) is 0. The second kappa shape index (κ2) is 13.4. The van der Waals surface area contributed by atoms with Gasteiger partial charge in [0.15, 0.2) is 11.1 Å². The van der Waals surface area contributed by atoms with E-state index in [1.165, 1.54) is 32.9 Å². The Morgan fingerprint density at radius 1 is 0.745 bits per heavy atom. The van der Waals surface area contributed by atoms with E-state index < -0.39 is 28.4 Å². The van der Waals surface area contributed by atoms with Gasteiger partial charge in [-0.1, -0.05) is 66.7 Å². The Balaban J connectivity index is 1.56. The highest BCUT2D eigenvalue weighted by atomic mass is 19.3. The van der Waals surface area contributed by atoms with Gasteiger partial charge < -0.3 is 24.8 Å². The third kappa shape index (κ3) is 6.09. The van der Waals surface area contributed by atoms with Crippen LogP contribution in [0.4, 0.5) is 24.5 Å². The minimum Gasteiger partial charge on any atom is -0.497 e. The Morgan fingerprint density at radius 3 is 1.86 bits per heavy atom. The van der Waals surface area contributed by atoms with E-state index in [4.69, 9.17) is 14.2 Å². The van der Waals surface area contributed by atoms with E-state index in [0.29, 0.717) is 28.4 Å². The lowest BCUT2D eigenvalue weighted by Crippen LogP contribution is -2.64. The smallest absolute Gasteiger partial charge is 0.315 e. The maximum atomic E-state index is 16.8. The van der Waals surface area contributed by atoms with Crippen LogP contribution in [0.1, 0.15) is 48.6 Å². The molecule has 6 rings (SSSR count). The number of para-hydroxylation sites is 1. The van der Waals surface area contributed by atoms with E-state index in [2.05, 4.69) is 21.7 Å². The summed E-state index contributed by atoms with van der Waals surface area (Å²) in [5.41, 5.74) is -2.98. The molecule has 0 spiro atoms. The number of hydrogen-bond donors (Lipinski definition) is 2. The first-order valence-electron chi connectivity index (χ1n) is 16.2. The number of alkyl halides is 2. The summed E-state index contributed by atoms with van der Waals surface area (Å²) in [7, 11) is 3.14. The van der Waals surface area contributed by atoms with E-state index in [9.17, 15) is 5.26 Å².